The van der Waals surface area contributed by atoms with Gasteiger partial charge in [-0.2, -0.15) is 0 Å². The van der Waals surface area contributed by atoms with E-state index >= 15 is 0 Å². The molecule has 3 nitrogen and oxygen atoms in total. The summed E-state index contributed by atoms with van der Waals surface area (Å²) in [6.07, 6.45) is 6.69. The molecule has 2 heterocycles. The van der Waals surface area contributed by atoms with Crippen LogP contribution in [0.2, 0.25) is 0 Å². The first-order valence-corrected chi connectivity index (χ1v) is 6.33. The Morgan fingerprint density at radius 2 is 2.13 bits per heavy atom. The van der Waals surface area contributed by atoms with Crippen molar-refractivity contribution in [2.45, 2.75) is 50.2 Å². The maximum Gasteiger partial charge on any atom is 0.0672 e. The summed E-state index contributed by atoms with van der Waals surface area (Å²) in [6.45, 7) is 3.21. The van der Waals surface area contributed by atoms with E-state index in [0.717, 1.165) is 38.4 Å². The zero-order valence-corrected chi connectivity index (χ0v) is 9.84. The molecule has 0 aromatic carbocycles. The van der Waals surface area contributed by atoms with Crippen molar-refractivity contribution < 1.29 is 5.11 Å². The summed E-state index contributed by atoms with van der Waals surface area (Å²) >= 11 is 0. The maximum absolute atomic E-state index is 10.4. The van der Waals surface area contributed by atoms with Crippen molar-refractivity contribution in [3.05, 3.63) is 0 Å². The van der Waals surface area contributed by atoms with Gasteiger partial charge < -0.3 is 15.3 Å². The van der Waals surface area contributed by atoms with Crippen LogP contribution in [0.3, 0.4) is 0 Å². The predicted octanol–water partition coefficient (Wildman–Crippen LogP) is 0.975. The molecule has 2 N–H and O–H groups in total. The number of rotatable bonds is 3. The number of hydrogen-bond donors (Lipinski definition) is 2. The van der Waals surface area contributed by atoms with Gasteiger partial charge in [-0.1, -0.05) is 0 Å². The van der Waals surface area contributed by atoms with Gasteiger partial charge in [-0.15, -0.1) is 0 Å². The fourth-order valence-electron chi connectivity index (χ4n) is 2.92. The summed E-state index contributed by atoms with van der Waals surface area (Å²) in [7, 11) is 2.21. The highest BCUT2D eigenvalue weighted by atomic mass is 16.3. The molecule has 0 spiro atoms. The van der Waals surface area contributed by atoms with E-state index in [9.17, 15) is 5.11 Å². The van der Waals surface area contributed by atoms with Gasteiger partial charge in [0.1, 0.15) is 0 Å². The van der Waals surface area contributed by atoms with E-state index < -0.39 is 0 Å². The van der Waals surface area contributed by atoms with Gasteiger partial charge in [0.25, 0.3) is 0 Å². The zero-order valence-electron chi connectivity index (χ0n) is 9.84. The van der Waals surface area contributed by atoms with Crippen LogP contribution in [-0.2, 0) is 0 Å². The van der Waals surface area contributed by atoms with E-state index in [4.69, 9.17) is 0 Å². The molecule has 0 bridgehead atoms. The van der Waals surface area contributed by atoms with Gasteiger partial charge >= 0.3 is 0 Å². The molecule has 0 radical (unpaired) electrons. The molecule has 2 aliphatic rings. The predicted molar refractivity (Wildman–Crippen MR) is 61.9 cm³/mol. The number of nitrogens with one attached hydrogen (secondary N) is 1. The Labute approximate surface area is 92.8 Å². The van der Waals surface area contributed by atoms with Crippen LogP contribution in [0.1, 0.15) is 38.5 Å². The molecule has 88 valence electrons. The van der Waals surface area contributed by atoms with Crippen LogP contribution < -0.4 is 5.32 Å². The summed E-state index contributed by atoms with van der Waals surface area (Å²) < 4.78 is 0. The quantitative estimate of drug-likeness (QED) is 0.732. The number of aliphatic hydroxyl groups is 1. The summed E-state index contributed by atoms with van der Waals surface area (Å²) in [5, 5.41) is 13.7. The highest BCUT2D eigenvalue weighted by molar-refractivity contribution is 4.87. The van der Waals surface area contributed by atoms with Gasteiger partial charge in [0.05, 0.1) is 5.60 Å². The van der Waals surface area contributed by atoms with Gasteiger partial charge in [0, 0.05) is 6.04 Å². The van der Waals surface area contributed by atoms with Gasteiger partial charge in [-0.25, -0.2) is 0 Å². The normalized spacial score (nSPS) is 32.0. The number of hydrogen-bond acceptors (Lipinski definition) is 3. The lowest BCUT2D eigenvalue weighted by molar-refractivity contribution is -0.00362. The van der Waals surface area contributed by atoms with E-state index in [1.807, 2.05) is 0 Å². The van der Waals surface area contributed by atoms with E-state index in [1.165, 1.54) is 25.8 Å². The summed E-state index contributed by atoms with van der Waals surface area (Å²) in [5.74, 6) is 0. The maximum atomic E-state index is 10.4. The lowest BCUT2D eigenvalue weighted by Gasteiger charge is -2.34. The van der Waals surface area contributed by atoms with Crippen molar-refractivity contribution in [2.24, 2.45) is 0 Å². The Hall–Kier alpha value is -0.120. The number of nitrogens with zero attached hydrogens (tertiary/aromatic N) is 1. The van der Waals surface area contributed by atoms with E-state index in [-0.39, 0.29) is 5.60 Å². The Bertz CT molecular complexity index is 202. The molecular formula is C12H24N2O. The molecule has 3 heteroatoms. The van der Waals surface area contributed by atoms with Crippen LogP contribution in [0, 0.1) is 0 Å². The van der Waals surface area contributed by atoms with Crippen molar-refractivity contribution in [1.82, 2.24) is 10.2 Å². The lowest BCUT2D eigenvalue weighted by Crippen LogP contribution is -2.42. The molecule has 1 atom stereocenters. The van der Waals surface area contributed by atoms with Gasteiger partial charge in [-0.05, 0) is 65.2 Å². The van der Waals surface area contributed by atoms with Crippen LogP contribution in [-0.4, -0.2) is 48.3 Å². The second kappa shape index (κ2) is 4.81. The van der Waals surface area contributed by atoms with Crippen LogP contribution in [0.5, 0.6) is 0 Å². The van der Waals surface area contributed by atoms with Crippen molar-refractivity contribution in [1.29, 1.82) is 0 Å². The minimum absolute atomic E-state index is 0.366. The first-order chi connectivity index (χ1) is 7.20. The van der Waals surface area contributed by atoms with Crippen LogP contribution in [0.4, 0.5) is 0 Å². The second-order valence-corrected chi connectivity index (χ2v) is 5.29. The van der Waals surface area contributed by atoms with Gasteiger partial charge in [0.2, 0.25) is 0 Å². The molecule has 2 saturated heterocycles. The number of likely N-dealkylation sites (tertiary alicyclic amines) is 1. The molecule has 2 fully saturated rings. The molecule has 2 aliphatic heterocycles. The Morgan fingerprint density at radius 1 is 1.40 bits per heavy atom. The first-order valence-electron chi connectivity index (χ1n) is 6.33. The first kappa shape index (κ1) is 11.4. The van der Waals surface area contributed by atoms with Crippen LogP contribution in [0.15, 0.2) is 0 Å². The van der Waals surface area contributed by atoms with Crippen molar-refractivity contribution in [2.75, 3.05) is 26.7 Å². The van der Waals surface area contributed by atoms with Gasteiger partial charge in [-0.3, -0.25) is 0 Å². The average Bonchev–Trinajstić information content (AvgIpc) is 2.62. The van der Waals surface area contributed by atoms with Gasteiger partial charge in [0.15, 0.2) is 0 Å². The Kier molecular flexibility index (Phi) is 3.65. The lowest BCUT2D eigenvalue weighted by atomic mass is 9.86. The third-order valence-electron chi connectivity index (χ3n) is 4.15. The highest BCUT2D eigenvalue weighted by Crippen LogP contribution is 2.28. The molecule has 15 heavy (non-hydrogen) atoms. The smallest absolute Gasteiger partial charge is 0.0672 e. The van der Waals surface area contributed by atoms with E-state index in [1.54, 1.807) is 0 Å². The monoisotopic (exact) mass is 212 g/mol. The standard InChI is InChI=1S/C12H24N2O/c1-14-10-2-3-11(14)4-5-12(15)6-8-13-9-7-12/h11,13,15H,2-10H2,1H3. The van der Waals surface area contributed by atoms with E-state index in [0.29, 0.717) is 0 Å². The largest absolute Gasteiger partial charge is 0.390 e. The Morgan fingerprint density at radius 3 is 2.73 bits per heavy atom. The van der Waals surface area contributed by atoms with Crippen molar-refractivity contribution in [3.63, 3.8) is 0 Å². The van der Waals surface area contributed by atoms with E-state index in [2.05, 4.69) is 17.3 Å². The Balaban J connectivity index is 1.76. The minimum atomic E-state index is -0.366. The molecule has 2 rings (SSSR count). The fraction of sp³-hybridized carbons (Fsp3) is 1.00. The molecule has 0 saturated carbocycles. The molecule has 1 unspecified atom stereocenters. The van der Waals surface area contributed by atoms with Crippen LogP contribution >= 0.6 is 0 Å². The van der Waals surface area contributed by atoms with Crippen molar-refractivity contribution >= 4 is 0 Å². The fourth-order valence-corrected chi connectivity index (χ4v) is 2.92. The molecule has 0 amide bonds. The molecule has 0 aliphatic carbocycles. The second-order valence-electron chi connectivity index (χ2n) is 5.29. The SMILES string of the molecule is CN1CCCC1CCC1(O)CCNCC1. The summed E-state index contributed by atoms with van der Waals surface area (Å²) in [6, 6.07) is 0.726. The molecule has 0 aromatic rings. The van der Waals surface area contributed by atoms with Crippen molar-refractivity contribution in [3.8, 4) is 0 Å². The minimum Gasteiger partial charge on any atom is -0.390 e. The summed E-state index contributed by atoms with van der Waals surface area (Å²) in [4.78, 5) is 2.45. The summed E-state index contributed by atoms with van der Waals surface area (Å²) in [5.41, 5.74) is -0.366. The highest BCUT2D eigenvalue weighted by Gasteiger charge is 2.31. The third-order valence-corrected chi connectivity index (χ3v) is 4.15. The zero-order chi connectivity index (χ0) is 10.7. The topological polar surface area (TPSA) is 35.5 Å². The third kappa shape index (κ3) is 2.92. The van der Waals surface area contributed by atoms with Crippen LogP contribution in [0.25, 0.3) is 0 Å². The molecular weight excluding hydrogens is 188 g/mol. The molecule has 0 aromatic heterocycles. The number of piperidine rings is 1. The average molecular weight is 212 g/mol.